The highest BCUT2D eigenvalue weighted by Gasteiger charge is 2.30. The first-order valence-corrected chi connectivity index (χ1v) is 6.94. The van der Waals surface area contributed by atoms with Crippen LogP contribution in [0.25, 0.3) is 6.08 Å². The average Bonchev–Trinajstić information content (AvgIpc) is 2.86. The van der Waals surface area contributed by atoms with E-state index in [0.717, 1.165) is 0 Å². The van der Waals surface area contributed by atoms with Crippen LogP contribution in [-0.2, 0) is 0 Å². The van der Waals surface area contributed by atoms with E-state index >= 15 is 0 Å². The lowest BCUT2D eigenvalue weighted by Gasteiger charge is -2.08. The van der Waals surface area contributed by atoms with E-state index in [1.165, 1.54) is 12.1 Å². The molecule has 0 aromatic heterocycles. The number of nitrogens with zero attached hydrogens (tertiary/aromatic N) is 1. The molecule has 0 radical (unpaired) electrons. The van der Waals surface area contributed by atoms with Crippen LogP contribution >= 0.6 is 0 Å². The third-order valence-corrected chi connectivity index (χ3v) is 3.52. The highest BCUT2D eigenvalue weighted by Crippen LogP contribution is 2.39. The molecule has 3 rings (SSSR count). The van der Waals surface area contributed by atoms with E-state index in [-0.39, 0.29) is 23.7 Å². The van der Waals surface area contributed by atoms with E-state index in [2.05, 4.69) is 0 Å². The number of halogens is 1. The van der Waals surface area contributed by atoms with E-state index in [0.29, 0.717) is 22.6 Å². The highest BCUT2D eigenvalue weighted by molar-refractivity contribution is 6.14. The predicted molar refractivity (Wildman–Crippen MR) is 81.6 cm³/mol. The fourth-order valence-electron chi connectivity index (χ4n) is 2.37. The second-order valence-electron chi connectivity index (χ2n) is 4.97. The number of allylic oxidation sites excluding steroid dienone is 1. The number of hydrogen-bond acceptors (Lipinski definition) is 4. The highest BCUT2D eigenvalue weighted by atomic mass is 19.1. The van der Waals surface area contributed by atoms with Gasteiger partial charge in [0.2, 0.25) is 5.78 Å². The Kier molecular flexibility index (Phi) is 3.82. The number of fused-ring (bicyclic) bond motifs is 1. The molecule has 0 unspecified atom stereocenters. The van der Waals surface area contributed by atoms with Crippen LogP contribution < -0.4 is 9.47 Å². The summed E-state index contributed by atoms with van der Waals surface area (Å²) in [6, 6.07) is 11.2. The van der Waals surface area contributed by atoms with Crippen molar-refractivity contribution in [1.29, 1.82) is 5.26 Å². The average molecular weight is 309 g/mol. The quantitative estimate of drug-likeness (QED) is 0.812. The summed E-state index contributed by atoms with van der Waals surface area (Å²) in [6.07, 6.45) is 1.38. The number of Topliss-reactive ketones (excluding diaryl/α,β-unsaturated/α-hetero) is 1. The maximum absolute atomic E-state index is 13.7. The van der Waals surface area contributed by atoms with Crippen molar-refractivity contribution in [3.05, 3.63) is 64.7 Å². The minimum Gasteiger partial charge on any atom is -0.478 e. The molecule has 0 fully saturated rings. The number of carbonyl (C=O) groups is 1. The molecule has 2 aromatic carbocycles. The molecule has 0 N–H and O–H groups in total. The molecule has 1 aliphatic heterocycles. The fourth-order valence-corrected chi connectivity index (χ4v) is 2.37. The van der Waals surface area contributed by atoms with E-state index < -0.39 is 5.82 Å². The Morgan fingerprint density at radius 3 is 2.83 bits per heavy atom. The van der Waals surface area contributed by atoms with Crippen molar-refractivity contribution in [3.8, 4) is 17.6 Å². The third kappa shape index (κ3) is 2.67. The molecule has 0 aliphatic carbocycles. The van der Waals surface area contributed by atoms with E-state index in [4.69, 9.17) is 14.7 Å². The molecule has 0 bridgehead atoms. The zero-order chi connectivity index (χ0) is 16.4. The van der Waals surface area contributed by atoms with Gasteiger partial charge < -0.3 is 9.47 Å². The van der Waals surface area contributed by atoms with E-state index in [9.17, 15) is 9.18 Å². The zero-order valence-electron chi connectivity index (χ0n) is 12.3. The number of carbonyl (C=O) groups excluding carboxylic acids is 1. The number of ether oxygens (including phenoxy) is 2. The molecule has 1 heterocycles. The Labute approximate surface area is 132 Å². The first-order valence-electron chi connectivity index (χ1n) is 6.94. The molecular weight excluding hydrogens is 297 g/mol. The van der Waals surface area contributed by atoms with E-state index in [1.54, 1.807) is 37.3 Å². The molecule has 0 amide bonds. The number of ketones is 1. The van der Waals surface area contributed by atoms with E-state index in [1.807, 2.05) is 6.07 Å². The summed E-state index contributed by atoms with van der Waals surface area (Å²) in [7, 11) is 0. The number of nitriles is 1. The molecule has 0 saturated carbocycles. The van der Waals surface area contributed by atoms with Gasteiger partial charge in [-0.1, -0.05) is 18.2 Å². The summed E-state index contributed by atoms with van der Waals surface area (Å²) in [5.41, 5.74) is 1.31. The van der Waals surface area contributed by atoms with Gasteiger partial charge in [-0.15, -0.1) is 0 Å². The smallest absolute Gasteiger partial charge is 0.231 e. The second-order valence-corrected chi connectivity index (χ2v) is 4.97. The Morgan fingerprint density at radius 2 is 2.09 bits per heavy atom. The fraction of sp³-hybridized carbons (Fsp3) is 0.111. The van der Waals surface area contributed by atoms with Crippen LogP contribution in [0.15, 0.2) is 42.2 Å². The third-order valence-electron chi connectivity index (χ3n) is 3.52. The molecule has 0 spiro atoms. The molecule has 2 aromatic rings. The van der Waals surface area contributed by atoms with Gasteiger partial charge in [-0.3, -0.25) is 4.79 Å². The van der Waals surface area contributed by atoms with Gasteiger partial charge in [-0.25, -0.2) is 4.39 Å². The van der Waals surface area contributed by atoms with Gasteiger partial charge in [0.15, 0.2) is 12.4 Å². The van der Waals surface area contributed by atoms with Crippen molar-refractivity contribution < 1.29 is 18.7 Å². The van der Waals surface area contributed by atoms with Gasteiger partial charge >= 0.3 is 0 Å². The number of hydrogen-bond donors (Lipinski definition) is 0. The minimum absolute atomic E-state index is 0.0608. The van der Waals surface area contributed by atoms with Crippen LogP contribution in [-0.4, -0.2) is 12.4 Å². The molecule has 4 nitrogen and oxygen atoms in total. The van der Waals surface area contributed by atoms with Crippen LogP contribution in [0.4, 0.5) is 4.39 Å². The van der Waals surface area contributed by atoms with Crippen molar-refractivity contribution in [2.24, 2.45) is 0 Å². The lowest BCUT2D eigenvalue weighted by atomic mass is 10.1. The van der Waals surface area contributed by atoms with Gasteiger partial charge in [-0.2, -0.15) is 5.26 Å². The topological polar surface area (TPSA) is 59.3 Å². The number of rotatable bonds is 3. The summed E-state index contributed by atoms with van der Waals surface area (Å²) >= 11 is 0. The Bertz CT molecular complexity index is 865. The maximum atomic E-state index is 13.7. The predicted octanol–water partition coefficient (Wildman–Crippen LogP) is 3.65. The Morgan fingerprint density at radius 1 is 1.30 bits per heavy atom. The first kappa shape index (κ1) is 14.8. The van der Waals surface area contributed by atoms with Gasteiger partial charge in [0.1, 0.15) is 23.4 Å². The summed E-state index contributed by atoms with van der Waals surface area (Å²) in [6.45, 7) is 1.65. The Hall–Kier alpha value is -3.13. The van der Waals surface area contributed by atoms with Gasteiger partial charge in [0, 0.05) is 11.1 Å². The number of benzene rings is 2. The van der Waals surface area contributed by atoms with Crippen LogP contribution in [0.3, 0.4) is 0 Å². The van der Waals surface area contributed by atoms with Crippen molar-refractivity contribution in [3.63, 3.8) is 0 Å². The normalized spacial score (nSPS) is 14.3. The Balaban J connectivity index is 1.98. The zero-order valence-corrected chi connectivity index (χ0v) is 12.3. The van der Waals surface area contributed by atoms with Crippen LogP contribution in [0, 0.1) is 24.1 Å². The molecule has 0 atom stereocenters. The van der Waals surface area contributed by atoms with Crippen LogP contribution in [0.1, 0.15) is 21.5 Å². The van der Waals surface area contributed by atoms with Crippen molar-refractivity contribution in [2.75, 3.05) is 6.61 Å². The summed E-state index contributed by atoms with van der Waals surface area (Å²) in [5, 5.41) is 8.58. The maximum Gasteiger partial charge on any atom is 0.231 e. The first-order chi connectivity index (χ1) is 11.1. The molecule has 114 valence electrons. The van der Waals surface area contributed by atoms with Crippen LogP contribution in [0.5, 0.6) is 11.5 Å². The molecule has 23 heavy (non-hydrogen) atoms. The molecule has 1 aliphatic rings. The van der Waals surface area contributed by atoms with Crippen molar-refractivity contribution in [1.82, 2.24) is 0 Å². The summed E-state index contributed by atoms with van der Waals surface area (Å²) in [4.78, 5) is 12.4. The van der Waals surface area contributed by atoms with Gasteiger partial charge in [0.05, 0.1) is 5.56 Å². The minimum atomic E-state index is -0.429. The SMILES string of the molecule is Cc1c(OCC#N)ccc2c1O/C(=C\c1ccccc1F)C2=O. The lowest BCUT2D eigenvalue weighted by Crippen LogP contribution is -1.98. The largest absolute Gasteiger partial charge is 0.478 e. The lowest BCUT2D eigenvalue weighted by molar-refractivity contribution is 0.101. The van der Waals surface area contributed by atoms with Crippen molar-refractivity contribution >= 4 is 11.9 Å². The van der Waals surface area contributed by atoms with Gasteiger partial charge in [0.25, 0.3) is 0 Å². The van der Waals surface area contributed by atoms with Crippen LogP contribution in [0.2, 0.25) is 0 Å². The summed E-state index contributed by atoms with van der Waals surface area (Å²) < 4.78 is 24.6. The summed E-state index contributed by atoms with van der Waals surface area (Å²) in [5.74, 6) is 0.184. The second kappa shape index (κ2) is 5.93. The molecular formula is C18H12FNO3. The standard InChI is InChI=1S/C18H12FNO3/c1-11-15(22-9-8-20)7-6-13-17(21)16(23-18(11)13)10-12-4-2-3-5-14(12)19/h2-7,10H,9H2,1H3/b16-10-. The molecule has 5 heteroatoms. The van der Waals surface area contributed by atoms with Crippen molar-refractivity contribution in [2.45, 2.75) is 6.92 Å². The van der Waals surface area contributed by atoms with Gasteiger partial charge in [-0.05, 0) is 31.2 Å². The molecule has 0 saturated heterocycles. The monoisotopic (exact) mass is 309 g/mol.